The zero-order valence-electron chi connectivity index (χ0n) is 9.42. The van der Waals surface area contributed by atoms with Crippen LogP contribution in [0, 0.1) is 0 Å². The van der Waals surface area contributed by atoms with Gasteiger partial charge in [0.15, 0.2) is 0 Å². The molecule has 0 aromatic carbocycles. The summed E-state index contributed by atoms with van der Waals surface area (Å²) in [5, 5.41) is 4.10. The fraction of sp³-hybridized carbons (Fsp3) is 0.636. The lowest BCUT2D eigenvalue weighted by Crippen LogP contribution is -2.30. The van der Waals surface area contributed by atoms with E-state index in [-0.39, 0.29) is 0 Å². The maximum Gasteiger partial charge on any atom is 0.0701 e. The molecule has 0 saturated carbocycles. The molecule has 0 aliphatic heterocycles. The molecule has 0 amide bonds. The van der Waals surface area contributed by atoms with Gasteiger partial charge in [-0.15, -0.1) is 11.3 Å². The Balaban J connectivity index is 2.39. The molecule has 0 bridgehead atoms. The van der Waals surface area contributed by atoms with Crippen LogP contribution in [0.3, 0.4) is 0 Å². The fourth-order valence-corrected chi connectivity index (χ4v) is 3.72. The molecule has 1 rings (SSSR count). The van der Waals surface area contributed by atoms with Gasteiger partial charge in [0.25, 0.3) is 0 Å². The minimum absolute atomic E-state index is 0.586. The number of likely N-dealkylation sites (N-methyl/N-ethyl adjacent to an activating group) is 1. The minimum atomic E-state index is 0.586. The van der Waals surface area contributed by atoms with Crippen LogP contribution in [0.25, 0.3) is 0 Å². The molecule has 0 saturated heterocycles. The number of thioether (sulfide) groups is 1. The molecule has 1 heterocycles. The van der Waals surface area contributed by atoms with Crippen LogP contribution in [0.2, 0.25) is 0 Å². The highest BCUT2D eigenvalue weighted by Crippen LogP contribution is 2.24. The van der Waals surface area contributed by atoms with Crippen molar-refractivity contribution in [3.05, 3.63) is 20.8 Å². The largest absolute Gasteiger partial charge is 0.316 e. The summed E-state index contributed by atoms with van der Waals surface area (Å²) in [4.78, 5) is 1.45. The second kappa shape index (κ2) is 6.94. The Bertz CT molecular complexity index is 286. The molecule has 15 heavy (non-hydrogen) atoms. The van der Waals surface area contributed by atoms with Gasteiger partial charge >= 0.3 is 0 Å². The van der Waals surface area contributed by atoms with Gasteiger partial charge in [-0.1, -0.05) is 13.8 Å². The summed E-state index contributed by atoms with van der Waals surface area (Å²) in [7, 11) is 2.05. The average molecular weight is 308 g/mol. The van der Waals surface area contributed by atoms with E-state index in [1.165, 1.54) is 14.4 Å². The third-order valence-electron chi connectivity index (χ3n) is 2.12. The highest BCUT2D eigenvalue weighted by atomic mass is 79.9. The van der Waals surface area contributed by atoms with Crippen molar-refractivity contribution in [2.75, 3.05) is 12.8 Å². The highest BCUT2D eigenvalue weighted by Gasteiger charge is 2.09. The molecule has 0 fully saturated rings. The van der Waals surface area contributed by atoms with Crippen molar-refractivity contribution >= 4 is 39.0 Å². The van der Waals surface area contributed by atoms with Crippen molar-refractivity contribution in [1.82, 2.24) is 5.32 Å². The summed E-state index contributed by atoms with van der Waals surface area (Å²) in [6, 6.07) is 4.92. The Labute approximate surface area is 109 Å². The molecule has 1 N–H and O–H groups in total. The Hall–Kier alpha value is 0.490. The zero-order chi connectivity index (χ0) is 11.3. The topological polar surface area (TPSA) is 12.0 Å². The second-order valence-electron chi connectivity index (χ2n) is 3.78. The van der Waals surface area contributed by atoms with Crippen molar-refractivity contribution < 1.29 is 0 Å². The Kier molecular flexibility index (Phi) is 6.27. The average Bonchev–Trinajstić information content (AvgIpc) is 2.58. The van der Waals surface area contributed by atoms with Gasteiger partial charge in [0.05, 0.1) is 3.79 Å². The van der Waals surface area contributed by atoms with Gasteiger partial charge in [0.2, 0.25) is 0 Å². The molecular weight excluding hydrogens is 290 g/mol. The maximum atomic E-state index is 3.50. The van der Waals surface area contributed by atoms with Gasteiger partial charge in [-0.2, -0.15) is 11.8 Å². The molecule has 0 spiro atoms. The Morgan fingerprint density at radius 1 is 1.47 bits per heavy atom. The SMILES string of the molecule is CNC(CSC(C)C)Cc1ccc(Br)s1. The van der Waals surface area contributed by atoms with Crippen LogP contribution >= 0.6 is 39.0 Å². The van der Waals surface area contributed by atoms with Crippen LogP contribution in [-0.2, 0) is 6.42 Å². The Morgan fingerprint density at radius 2 is 2.20 bits per heavy atom. The zero-order valence-corrected chi connectivity index (χ0v) is 12.6. The molecule has 1 unspecified atom stereocenters. The van der Waals surface area contributed by atoms with E-state index in [1.807, 2.05) is 30.1 Å². The summed E-state index contributed by atoms with van der Waals surface area (Å²) in [6.45, 7) is 4.50. The van der Waals surface area contributed by atoms with Crippen LogP contribution in [0.1, 0.15) is 18.7 Å². The van der Waals surface area contributed by atoms with Crippen LogP contribution < -0.4 is 5.32 Å². The van der Waals surface area contributed by atoms with E-state index >= 15 is 0 Å². The summed E-state index contributed by atoms with van der Waals surface area (Å²) in [5.41, 5.74) is 0. The van der Waals surface area contributed by atoms with Crippen molar-refractivity contribution in [2.45, 2.75) is 31.6 Å². The molecule has 4 heteroatoms. The first-order valence-corrected chi connectivity index (χ1v) is 7.80. The lowest BCUT2D eigenvalue weighted by molar-refractivity contribution is 0.621. The fourth-order valence-electron chi connectivity index (χ4n) is 1.26. The second-order valence-corrected chi connectivity index (χ2v) is 7.93. The van der Waals surface area contributed by atoms with E-state index < -0.39 is 0 Å². The molecule has 1 nitrogen and oxygen atoms in total. The van der Waals surface area contributed by atoms with E-state index in [1.54, 1.807) is 0 Å². The van der Waals surface area contributed by atoms with Gasteiger partial charge < -0.3 is 5.32 Å². The van der Waals surface area contributed by atoms with Crippen molar-refractivity contribution in [3.8, 4) is 0 Å². The predicted octanol–water partition coefficient (Wildman–Crippen LogP) is 3.78. The van der Waals surface area contributed by atoms with Crippen LogP contribution in [-0.4, -0.2) is 24.1 Å². The summed E-state index contributed by atoms with van der Waals surface area (Å²) < 4.78 is 1.23. The first-order chi connectivity index (χ1) is 7.11. The van der Waals surface area contributed by atoms with Gasteiger partial charge in [0.1, 0.15) is 0 Å². The number of thiophene rings is 1. The maximum absolute atomic E-state index is 3.50. The van der Waals surface area contributed by atoms with Gasteiger partial charge in [-0.05, 0) is 46.8 Å². The molecule has 86 valence electrons. The monoisotopic (exact) mass is 307 g/mol. The van der Waals surface area contributed by atoms with E-state index in [4.69, 9.17) is 0 Å². The number of hydrogen-bond donors (Lipinski definition) is 1. The molecule has 0 radical (unpaired) electrons. The normalized spacial score (nSPS) is 13.4. The van der Waals surface area contributed by atoms with Crippen LogP contribution in [0.4, 0.5) is 0 Å². The quantitative estimate of drug-likeness (QED) is 0.858. The van der Waals surface area contributed by atoms with Crippen molar-refractivity contribution in [3.63, 3.8) is 0 Å². The van der Waals surface area contributed by atoms with Gasteiger partial charge in [-0.25, -0.2) is 0 Å². The number of nitrogens with one attached hydrogen (secondary N) is 1. The van der Waals surface area contributed by atoms with Crippen molar-refractivity contribution in [1.29, 1.82) is 0 Å². The van der Waals surface area contributed by atoms with Gasteiger partial charge in [-0.3, -0.25) is 0 Å². The van der Waals surface area contributed by atoms with Crippen LogP contribution in [0.5, 0.6) is 0 Å². The Morgan fingerprint density at radius 3 is 2.67 bits per heavy atom. The van der Waals surface area contributed by atoms with E-state index in [2.05, 4.69) is 47.2 Å². The lowest BCUT2D eigenvalue weighted by atomic mass is 10.2. The third-order valence-corrected chi connectivity index (χ3v) is 5.02. The standard InChI is InChI=1S/C11H18BrNS2/c1-8(2)14-7-9(13-3)6-10-4-5-11(12)15-10/h4-5,8-9,13H,6-7H2,1-3H3. The first-order valence-electron chi connectivity index (χ1n) is 5.15. The molecule has 1 atom stereocenters. The highest BCUT2D eigenvalue weighted by molar-refractivity contribution is 9.11. The molecule has 0 aliphatic rings. The van der Waals surface area contributed by atoms with Gasteiger partial charge in [0, 0.05) is 16.7 Å². The van der Waals surface area contributed by atoms with E-state index in [0.29, 0.717) is 6.04 Å². The van der Waals surface area contributed by atoms with E-state index in [9.17, 15) is 0 Å². The predicted molar refractivity (Wildman–Crippen MR) is 76.2 cm³/mol. The number of rotatable bonds is 6. The first kappa shape index (κ1) is 13.6. The molecule has 1 aromatic rings. The lowest BCUT2D eigenvalue weighted by Gasteiger charge is -2.16. The number of halogens is 1. The molecular formula is C11H18BrNS2. The summed E-state index contributed by atoms with van der Waals surface area (Å²) in [6.07, 6.45) is 1.13. The smallest absolute Gasteiger partial charge is 0.0701 e. The number of hydrogen-bond acceptors (Lipinski definition) is 3. The van der Waals surface area contributed by atoms with Crippen LogP contribution in [0.15, 0.2) is 15.9 Å². The van der Waals surface area contributed by atoms with E-state index in [0.717, 1.165) is 11.7 Å². The van der Waals surface area contributed by atoms with Crippen molar-refractivity contribution in [2.24, 2.45) is 0 Å². The molecule has 1 aromatic heterocycles. The summed E-state index contributed by atoms with van der Waals surface area (Å²) >= 11 is 7.35. The third kappa shape index (κ3) is 5.38. The summed E-state index contributed by atoms with van der Waals surface area (Å²) in [5.74, 6) is 1.18. The minimum Gasteiger partial charge on any atom is -0.316 e. The molecule has 0 aliphatic carbocycles.